The number of nitrogens with zero attached hydrogens (tertiary/aromatic N) is 3. The molecule has 19 heavy (non-hydrogen) atoms. The maximum Gasteiger partial charge on any atom is 0.138 e. The molecular formula is C13H15N5S. The molecule has 0 aliphatic heterocycles. The molecule has 0 fully saturated rings. The molecule has 0 spiro atoms. The van der Waals surface area contributed by atoms with Gasteiger partial charge in [0.05, 0.1) is 17.6 Å². The van der Waals surface area contributed by atoms with Crippen molar-refractivity contribution in [1.29, 1.82) is 0 Å². The molecule has 0 saturated heterocycles. The highest BCUT2D eigenvalue weighted by molar-refractivity contribution is 7.18. The van der Waals surface area contributed by atoms with E-state index in [-0.39, 0.29) is 6.04 Å². The molecule has 0 aromatic carbocycles. The maximum absolute atomic E-state index is 4.38. The first-order chi connectivity index (χ1) is 9.16. The van der Waals surface area contributed by atoms with Crippen molar-refractivity contribution < 1.29 is 0 Å². The van der Waals surface area contributed by atoms with Crippen molar-refractivity contribution in [2.75, 3.05) is 5.32 Å². The maximum atomic E-state index is 4.38. The number of hydrogen-bond donors (Lipinski definition) is 2. The van der Waals surface area contributed by atoms with Crippen molar-refractivity contribution in [1.82, 2.24) is 20.2 Å². The number of anilines is 1. The molecule has 0 radical (unpaired) electrons. The molecule has 1 unspecified atom stereocenters. The van der Waals surface area contributed by atoms with Crippen molar-refractivity contribution in [3.63, 3.8) is 0 Å². The van der Waals surface area contributed by atoms with Crippen LogP contribution in [-0.2, 0) is 0 Å². The van der Waals surface area contributed by atoms with Crippen LogP contribution in [0.4, 0.5) is 5.82 Å². The second-order valence-corrected chi connectivity index (χ2v) is 5.79. The minimum atomic E-state index is 0.149. The standard InChI is InChI=1S/C13H15N5S/c1-7-9(3)19-13-11(7)12(14-6-15-13)18-8(2)10-4-16-17-5-10/h4-6,8H,1-3H3,(H,16,17)(H,14,15,18). The molecule has 2 N–H and O–H groups in total. The first-order valence-corrected chi connectivity index (χ1v) is 6.94. The van der Waals surface area contributed by atoms with Gasteiger partial charge in [-0.2, -0.15) is 5.10 Å². The Morgan fingerprint density at radius 2 is 2.16 bits per heavy atom. The molecule has 0 bridgehead atoms. The molecule has 1 atom stereocenters. The van der Waals surface area contributed by atoms with Crippen molar-refractivity contribution in [3.8, 4) is 0 Å². The zero-order chi connectivity index (χ0) is 13.4. The second kappa shape index (κ2) is 4.62. The number of hydrogen-bond acceptors (Lipinski definition) is 5. The molecule has 98 valence electrons. The minimum absolute atomic E-state index is 0.149. The van der Waals surface area contributed by atoms with Gasteiger partial charge in [0, 0.05) is 16.6 Å². The van der Waals surface area contributed by atoms with Gasteiger partial charge in [0.25, 0.3) is 0 Å². The van der Waals surface area contributed by atoms with E-state index in [1.54, 1.807) is 17.7 Å². The number of H-pyrrole nitrogens is 1. The lowest BCUT2D eigenvalue weighted by molar-refractivity contribution is 0.877. The minimum Gasteiger partial charge on any atom is -0.363 e. The van der Waals surface area contributed by atoms with E-state index in [2.05, 4.69) is 46.3 Å². The molecule has 0 amide bonds. The van der Waals surface area contributed by atoms with Gasteiger partial charge in [-0.15, -0.1) is 11.3 Å². The Labute approximate surface area is 115 Å². The van der Waals surface area contributed by atoms with Crippen molar-refractivity contribution in [3.05, 3.63) is 34.7 Å². The topological polar surface area (TPSA) is 66.5 Å². The van der Waals surface area contributed by atoms with Crippen LogP contribution in [0, 0.1) is 13.8 Å². The Hall–Kier alpha value is -1.95. The summed E-state index contributed by atoms with van der Waals surface area (Å²) in [7, 11) is 0. The third-order valence-electron chi connectivity index (χ3n) is 3.34. The highest BCUT2D eigenvalue weighted by Crippen LogP contribution is 2.33. The molecule has 3 heterocycles. The quantitative estimate of drug-likeness (QED) is 0.769. The van der Waals surface area contributed by atoms with Gasteiger partial charge < -0.3 is 5.32 Å². The normalized spacial score (nSPS) is 12.8. The Morgan fingerprint density at radius 3 is 2.89 bits per heavy atom. The Morgan fingerprint density at radius 1 is 1.32 bits per heavy atom. The summed E-state index contributed by atoms with van der Waals surface area (Å²) in [5.41, 5.74) is 2.36. The third-order valence-corrected chi connectivity index (χ3v) is 4.45. The number of aryl methyl sites for hydroxylation is 2. The summed E-state index contributed by atoms with van der Waals surface area (Å²) >= 11 is 1.71. The number of nitrogens with one attached hydrogen (secondary N) is 2. The van der Waals surface area contributed by atoms with Crippen LogP contribution in [0.1, 0.15) is 29.0 Å². The van der Waals surface area contributed by atoms with Gasteiger partial charge in [0.2, 0.25) is 0 Å². The summed E-state index contributed by atoms with van der Waals surface area (Å²) in [6.07, 6.45) is 5.33. The van der Waals surface area contributed by atoms with E-state index >= 15 is 0 Å². The predicted molar refractivity (Wildman–Crippen MR) is 77.5 cm³/mol. The summed E-state index contributed by atoms with van der Waals surface area (Å²) in [5.74, 6) is 0.889. The highest BCUT2D eigenvalue weighted by atomic mass is 32.1. The fourth-order valence-corrected chi connectivity index (χ4v) is 3.07. The van der Waals surface area contributed by atoms with E-state index in [0.29, 0.717) is 0 Å². The second-order valence-electron chi connectivity index (χ2n) is 4.58. The molecule has 6 heteroatoms. The molecule has 3 aromatic heterocycles. The zero-order valence-corrected chi connectivity index (χ0v) is 11.9. The van der Waals surface area contributed by atoms with E-state index in [1.165, 1.54) is 10.4 Å². The smallest absolute Gasteiger partial charge is 0.138 e. The monoisotopic (exact) mass is 273 g/mol. The summed E-state index contributed by atoms with van der Waals surface area (Å²) in [4.78, 5) is 11.0. The largest absolute Gasteiger partial charge is 0.363 e. The average molecular weight is 273 g/mol. The van der Waals surface area contributed by atoms with E-state index in [1.807, 2.05) is 12.4 Å². The van der Waals surface area contributed by atoms with E-state index in [4.69, 9.17) is 0 Å². The van der Waals surface area contributed by atoms with Crippen molar-refractivity contribution >= 4 is 27.4 Å². The predicted octanol–water partition coefficient (Wildman–Crippen LogP) is 3.20. The molecule has 3 rings (SSSR count). The summed E-state index contributed by atoms with van der Waals surface area (Å²) < 4.78 is 0. The molecule has 5 nitrogen and oxygen atoms in total. The lowest BCUT2D eigenvalue weighted by atomic mass is 10.1. The van der Waals surface area contributed by atoms with Gasteiger partial charge in [0.15, 0.2) is 0 Å². The van der Waals surface area contributed by atoms with Gasteiger partial charge >= 0.3 is 0 Å². The molecule has 0 saturated carbocycles. The van der Waals surface area contributed by atoms with Gasteiger partial charge in [-0.1, -0.05) is 0 Å². The fraction of sp³-hybridized carbons (Fsp3) is 0.308. The third kappa shape index (κ3) is 2.08. The van der Waals surface area contributed by atoms with Gasteiger partial charge in [0.1, 0.15) is 17.0 Å². The summed E-state index contributed by atoms with van der Waals surface area (Å²) in [6, 6.07) is 0.149. The van der Waals surface area contributed by atoms with Crippen LogP contribution in [0.15, 0.2) is 18.7 Å². The fourth-order valence-electron chi connectivity index (χ4n) is 2.08. The Kier molecular flexibility index (Phi) is 2.94. The first-order valence-electron chi connectivity index (χ1n) is 6.12. The van der Waals surface area contributed by atoms with Crippen LogP contribution in [0.5, 0.6) is 0 Å². The van der Waals surface area contributed by atoms with Crippen molar-refractivity contribution in [2.45, 2.75) is 26.8 Å². The van der Waals surface area contributed by atoms with E-state index in [0.717, 1.165) is 21.6 Å². The van der Waals surface area contributed by atoms with Crippen molar-refractivity contribution in [2.24, 2.45) is 0 Å². The van der Waals surface area contributed by atoms with Gasteiger partial charge in [-0.3, -0.25) is 5.10 Å². The highest BCUT2D eigenvalue weighted by Gasteiger charge is 2.14. The molecule has 0 aliphatic carbocycles. The zero-order valence-electron chi connectivity index (χ0n) is 11.1. The molecular weight excluding hydrogens is 258 g/mol. The van der Waals surface area contributed by atoms with E-state index in [9.17, 15) is 0 Å². The number of fused-ring (bicyclic) bond motifs is 1. The molecule has 0 aliphatic rings. The summed E-state index contributed by atoms with van der Waals surface area (Å²) in [6.45, 7) is 6.32. The number of rotatable bonds is 3. The van der Waals surface area contributed by atoms with Gasteiger partial charge in [-0.25, -0.2) is 9.97 Å². The van der Waals surface area contributed by atoms with Crippen LogP contribution < -0.4 is 5.32 Å². The number of thiophene rings is 1. The van der Waals surface area contributed by atoms with Crippen LogP contribution in [0.25, 0.3) is 10.2 Å². The van der Waals surface area contributed by atoms with E-state index < -0.39 is 0 Å². The SMILES string of the molecule is Cc1sc2ncnc(NC(C)c3cn[nH]c3)c2c1C. The number of aromatic amines is 1. The summed E-state index contributed by atoms with van der Waals surface area (Å²) in [5, 5.41) is 11.4. The molecule has 3 aromatic rings. The van der Waals surface area contributed by atoms with Crippen LogP contribution in [0.2, 0.25) is 0 Å². The Balaban J connectivity index is 2.01. The first kappa shape index (κ1) is 12.1. The number of aromatic nitrogens is 4. The Bertz CT molecular complexity index is 701. The van der Waals surface area contributed by atoms with Crippen LogP contribution >= 0.6 is 11.3 Å². The average Bonchev–Trinajstić information content (AvgIpc) is 3.00. The van der Waals surface area contributed by atoms with Crippen LogP contribution in [-0.4, -0.2) is 20.2 Å². The lowest BCUT2D eigenvalue weighted by Crippen LogP contribution is -2.07. The lowest BCUT2D eigenvalue weighted by Gasteiger charge is -2.13. The van der Waals surface area contributed by atoms with Gasteiger partial charge in [-0.05, 0) is 26.3 Å². The van der Waals surface area contributed by atoms with Crippen LogP contribution in [0.3, 0.4) is 0 Å².